The number of aromatic nitrogens is 1. The van der Waals surface area contributed by atoms with E-state index in [4.69, 9.17) is 5.73 Å². The lowest BCUT2D eigenvalue weighted by atomic mass is 10.2. The van der Waals surface area contributed by atoms with Crippen LogP contribution in [0.4, 0.5) is 21.6 Å². The van der Waals surface area contributed by atoms with E-state index in [1.165, 1.54) is 12.1 Å². The highest BCUT2D eigenvalue weighted by Gasteiger charge is 2.05. The Morgan fingerprint density at radius 1 is 1.35 bits per heavy atom. The smallest absolute Gasteiger partial charge is 0.133 e. The molecule has 0 unspecified atom stereocenters. The largest absolute Gasteiger partial charge is 0.397 e. The van der Waals surface area contributed by atoms with Gasteiger partial charge >= 0.3 is 0 Å². The summed E-state index contributed by atoms with van der Waals surface area (Å²) in [6.07, 6.45) is 1.59. The highest BCUT2D eigenvalue weighted by atomic mass is 127. The van der Waals surface area contributed by atoms with Crippen molar-refractivity contribution in [2.45, 2.75) is 6.92 Å². The molecule has 5 heteroatoms. The number of anilines is 3. The molecule has 1 heterocycles. The predicted molar refractivity (Wildman–Crippen MR) is 75.8 cm³/mol. The van der Waals surface area contributed by atoms with Crippen LogP contribution in [0.1, 0.15) is 5.56 Å². The minimum Gasteiger partial charge on any atom is -0.397 e. The molecule has 0 bridgehead atoms. The number of benzene rings is 1. The summed E-state index contributed by atoms with van der Waals surface area (Å²) in [5.74, 6) is 0.477. The first kappa shape index (κ1) is 12.1. The van der Waals surface area contributed by atoms with Crippen molar-refractivity contribution in [1.29, 1.82) is 0 Å². The average Bonchev–Trinajstić information content (AvgIpc) is 2.25. The second-order valence-corrected chi connectivity index (χ2v) is 4.85. The van der Waals surface area contributed by atoms with Crippen molar-refractivity contribution < 1.29 is 4.39 Å². The summed E-state index contributed by atoms with van der Waals surface area (Å²) in [5, 5.41) is 3.15. The normalized spacial score (nSPS) is 10.3. The number of nitrogens with one attached hydrogen (secondary N) is 1. The number of pyridine rings is 1. The van der Waals surface area contributed by atoms with Crippen molar-refractivity contribution >= 4 is 39.8 Å². The van der Waals surface area contributed by atoms with Crippen LogP contribution in [0.3, 0.4) is 0 Å². The van der Waals surface area contributed by atoms with Crippen LogP contribution in [0.2, 0.25) is 0 Å². The van der Waals surface area contributed by atoms with E-state index in [0.29, 0.717) is 5.69 Å². The van der Waals surface area contributed by atoms with Gasteiger partial charge in [-0.3, -0.25) is 0 Å². The Morgan fingerprint density at radius 2 is 2.12 bits per heavy atom. The topological polar surface area (TPSA) is 50.9 Å². The van der Waals surface area contributed by atoms with E-state index < -0.39 is 0 Å². The van der Waals surface area contributed by atoms with Gasteiger partial charge in [-0.05, 0) is 59.3 Å². The van der Waals surface area contributed by atoms with Crippen molar-refractivity contribution in [3.05, 3.63) is 45.4 Å². The molecule has 0 aliphatic rings. The first-order valence-electron chi connectivity index (χ1n) is 5.00. The van der Waals surface area contributed by atoms with Gasteiger partial charge in [0, 0.05) is 3.57 Å². The molecule has 1 aromatic heterocycles. The maximum absolute atomic E-state index is 13.0. The standard InChI is InChI=1S/C12H11FIN3/c1-7-4-9(15)6-16-12(7)17-11-3-2-8(13)5-10(11)14/h2-6H,15H2,1H3,(H,16,17). The van der Waals surface area contributed by atoms with E-state index in [1.54, 1.807) is 12.3 Å². The average molecular weight is 343 g/mol. The van der Waals surface area contributed by atoms with Crippen molar-refractivity contribution in [1.82, 2.24) is 4.98 Å². The quantitative estimate of drug-likeness (QED) is 0.821. The lowest BCUT2D eigenvalue weighted by molar-refractivity contribution is 0.627. The van der Waals surface area contributed by atoms with E-state index in [9.17, 15) is 4.39 Å². The zero-order chi connectivity index (χ0) is 12.4. The van der Waals surface area contributed by atoms with Gasteiger partial charge in [-0.25, -0.2) is 9.37 Å². The molecule has 2 rings (SSSR count). The van der Waals surface area contributed by atoms with E-state index in [1.807, 2.05) is 13.0 Å². The number of rotatable bonds is 2. The SMILES string of the molecule is Cc1cc(N)cnc1Nc1ccc(F)cc1I. The summed E-state index contributed by atoms with van der Waals surface area (Å²) in [7, 11) is 0. The summed E-state index contributed by atoms with van der Waals surface area (Å²) in [6, 6.07) is 6.41. The Balaban J connectivity index is 2.31. The third-order valence-electron chi connectivity index (χ3n) is 2.28. The van der Waals surface area contributed by atoms with Crippen LogP contribution in [0.5, 0.6) is 0 Å². The number of hydrogen-bond acceptors (Lipinski definition) is 3. The molecule has 0 radical (unpaired) electrons. The van der Waals surface area contributed by atoms with Gasteiger partial charge in [0.15, 0.2) is 0 Å². The Kier molecular flexibility index (Phi) is 3.46. The van der Waals surface area contributed by atoms with Crippen LogP contribution in [-0.2, 0) is 0 Å². The van der Waals surface area contributed by atoms with Gasteiger partial charge in [-0.15, -0.1) is 0 Å². The summed E-state index contributed by atoms with van der Waals surface area (Å²) >= 11 is 2.08. The molecule has 0 atom stereocenters. The molecular formula is C12H11FIN3. The Bertz CT molecular complexity index is 508. The van der Waals surface area contributed by atoms with Gasteiger partial charge in [0.1, 0.15) is 11.6 Å². The Morgan fingerprint density at radius 3 is 2.76 bits per heavy atom. The van der Waals surface area contributed by atoms with Crippen LogP contribution < -0.4 is 11.1 Å². The molecule has 0 spiro atoms. The van der Waals surface area contributed by atoms with Gasteiger partial charge < -0.3 is 11.1 Å². The maximum Gasteiger partial charge on any atom is 0.133 e. The molecule has 17 heavy (non-hydrogen) atoms. The minimum absolute atomic E-state index is 0.248. The molecule has 0 aliphatic carbocycles. The van der Waals surface area contributed by atoms with Gasteiger partial charge in [-0.2, -0.15) is 0 Å². The number of hydrogen-bond donors (Lipinski definition) is 2. The fourth-order valence-electron chi connectivity index (χ4n) is 1.45. The van der Waals surface area contributed by atoms with Gasteiger partial charge in [-0.1, -0.05) is 0 Å². The molecule has 3 N–H and O–H groups in total. The van der Waals surface area contributed by atoms with E-state index in [0.717, 1.165) is 20.6 Å². The molecule has 0 saturated heterocycles. The molecule has 0 saturated carbocycles. The summed E-state index contributed by atoms with van der Waals surface area (Å²) in [6.45, 7) is 1.92. The fraction of sp³-hybridized carbons (Fsp3) is 0.0833. The molecule has 0 amide bonds. The fourth-order valence-corrected chi connectivity index (χ4v) is 2.06. The second-order valence-electron chi connectivity index (χ2n) is 3.68. The van der Waals surface area contributed by atoms with Crippen molar-refractivity contribution in [3.63, 3.8) is 0 Å². The molecule has 0 fully saturated rings. The summed E-state index contributed by atoms with van der Waals surface area (Å²) < 4.78 is 13.8. The van der Waals surface area contributed by atoms with Crippen LogP contribution >= 0.6 is 22.6 Å². The van der Waals surface area contributed by atoms with Gasteiger partial charge in [0.05, 0.1) is 17.6 Å². The highest BCUT2D eigenvalue weighted by molar-refractivity contribution is 14.1. The molecule has 2 aromatic rings. The van der Waals surface area contributed by atoms with Gasteiger partial charge in [0.25, 0.3) is 0 Å². The number of halogens is 2. The third kappa shape index (κ3) is 2.85. The zero-order valence-corrected chi connectivity index (χ0v) is 11.3. The zero-order valence-electron chi connectivity index (χ0n) is 9.17. The molecular weight excluding hydrogens is 332 g/mol. The number of nitrogens with zero attached hydrogens (tertiary/aromatic N) is 1. The van der Waals surface area contributed by atoms with Crippen molar-refractivity contribution in [2.75, 3.05) is 11.1 Å². The van der Waals surface area contributed by atoms with Crippen LogP contribution in [0.15, 0.2) is 30.5 Å². The molecule has 1 aromatic carbocycles. The van der Waals surface area contributed by atoms with Crippen LogP contribution in [-0.4, -0.2) is 4.98 Å². The first-order chi connectivity index (χ1) is 8.06. The predicted octanol–water partition coefficient (Wildman–Crippen LogP) is 3.46. The number of nitrogen functional groups attached to an aromatic ring is 1. The highest BCUT2D eigenvalue weighted by Crippen LogP contribution is 2.24. The van der Waals surface area contributed by atoms with Crippen molar-refractivity contribution in [3.8, 4) is 0 Å². The number of nitrogens with two attached hydrogens (primary N) is 1. The van der Waals surface area contributed by atoms with E-state index >= 15 is 0 Å². The lowest BCUT2D eigenvalue weighted by Crippen LogP contribution is -1.99. The number of aryl methyl sites for hydroxylation is 1. The minimum atomic E-state index is -0.248. The first-order valence-corrected chi connectivity index (χ1v) is 6.08. The van der Waals surface area contributed by atoms with Crippen LogP contribution in [0, 0.1) is 16.3 Å². The Hall–Kier alpha value is -1.37. The Labute approximate surface area is 112 Å². The monoisotopic (exact) mass is 343 g/mol. The molecule has 0 aliphatic heterocycles. The maximum atomic E-state index is 13.0. The molecule has 3 nitrogen and oxygen atoms in total. The molecule has 88 valence electrons. The summed E-state index contributed by atoms with van der Waals surface area (Å²) in [4.78, 5) is 4.20. The van der Waals surface area contributed by atoms with Gasteiger partial charge in [0.2, 0.25) is 0 Å². The second kappa shape index (κ2) is 4.87. The summed E-state index contributed by atoms with van der Waals surface area (Å²) in [5.41, 5.74) is 8.03. The van der Waals surface area contributed by atoms with E-state index in [2.05, 4.69) is 32.9 Å². The third-order valence-corrected chi connectivity index (χ3v) is 3.18. The lowest BCUT2D eigenvalue weighted by Gasteiger charge is -2.10. The van der Waals surface area contributed by atoms with E-state index in [-0.39, 0.29) is 5.82 Å². The van der Waals surface area contributed by atoms with Crippen LogP contribution in [0.25, 0.3) is 0 Å². The van der Waals surface area contributed by atoms with Crippen molar-refractivity contribution in [2.24, 2.45) is 0 Å².